The average molecular weight is 365 g/mol. The molecule has 0 spiro atoms. The summed E-state index contributed by atoms with van der Waals surface area (Å²) in [5, 5.41) is 2.00. The number of sulfonamides is 1. The van der Waals surface area contributed by atoms with E-state index in [9.17, 15) is 8.42 Å². The van der Waals surface area contributed by atoms with Gasteiger partial charge in [0.1, 0.15) is 0 Å². The monoisotopic (exact) mass is 364 g/mol. The zero-order valence-corrected chi connectivity index (χ0v) is 16.9. The highest BCUT2D eigenvalue weighted by Crippen LogP contribution is 2.48. The summed E-state index contributed by atoms with van der Waals surface area (Å²) in [6.45, 7) is 13.3. The number of nitrogens with one attached hydrogen (secondary N) is 1. The molecule has 6 heteroatoms. The first-order valence-electron chi connectivity index (χ1n) is 8.65. The largest absolute Gasteiger partial charge is 0.253 e. The third kappa shape index (κ3) is 3.25. The van der Waals surface area contributed by atoms with Crippen LogP contribution >= 0.6 is 0 Å². The lowest BCUT2D eigenvalue weighted by Crippen LogP contribution is -2.56. The van der Waals surface area contributed by atoms with Crippen LogP contribution in [0, 0.1) is 6.92 Å². The van der Waals surface area contributed by atoms with Gasteiger partial charge in [-0.05, 0) is 43.9 Å². The van der Waals surface area contributed by atoms with E-state index in [0.717, 1.165) is 18.4 Å². The molecule has 1 aromatic rings. The van der Waals surface area contributed by atoms with Crippen molar-refractivity contribution in [2.24, 2.45) is 0 Å². The smallest absolute Gasteiger partial charge is 0.220 e. The predicted octanol–water partition coefficient (Wildman–Crippen LogP) is 3.69. The van der Waals surface area contributed by atoms with Crippen LogP contribution in [0.4, 0.5) is 0 Å². The standard InChI is InChI=1S/C18H28N2O2SSi/c1-13-6-9-16(10-7-13)23(21,22)19-20-15-8-11-17(24(3,4)5)18(20)14(2)12-15/h6-7,9-10,15,17-19H,2,8,11-12H2,1,3-5H3. The summed E-state index contributed by atoms with van der Waals surface area (Å²) in [5.74, 6) is 0. The normalized spacial score (nSPS) is 28.3. The Bertz CT molecular complexity index is 737. The summed E-state index contributed by atoms with van der Waals surface area (Å²) in [6.07, 6.45) is 3.13. The lowest BCUT2D eigenvalue weighted by Gasteiger charge is -2.44. The van der Waals surface area contributed by atoms with E-state index in [2.05, 4.69) is 31.1 Å². The van der Waals surface area contributed by atoms with E-state index in [1.54, 1.807) is 12.1 Å². The second-order valence-corrected chi connectivity index (χ2v) is 15.5. The van der Waals surface area contributed by atoms with Crippen LogP contribution in [0.1, 0.15) is 24.8 Å². The first kappa shape index (κ1) is 17.9. The fraction of sp³-hybridized carbons (Fsp3) is 0.556. The first-order valence-corrected chi connectivity index (χ1v) is 13.7. The van der Waals surface area contributed by atoms with Gasteiger partial charge < -0.3 is 0 Å². The van der Waals surface area contributed by atoms with Crippen LogP contribution in [0.3, 0.4) is 0 Å². The molecule has 3 unspecified atom stereocenters. The zero-order chi connectivity index (χ0) is 17.7. The van der Waals surface area contributed by atoms with Crippen LogP contribution in [-0.2, 0) is 10.0 Å². The Kier molecular flexibility index (Phi) is 4.53. The highest BCUT2D eigenvalue weighted by atomic mass is 32.2. The lowest BCUT2D eigenvalue weighted by molar-refractivity contribution is 0.119. The number of fused-ring (bicyclic) bond motifs is 2. The SMILES string of the molecule is C=C1CC2CCC([Si](C)(C)C)C1N2NS(=O)(=O)c1ccc(C)cc1. The molecule has 0 aliphatic carbocycles. The van der Waals surface area contributed by atoms with E-state index < -0.39 is 18.1 Å². The summed E-state index contributed by atoms with van der Waals surface area (Å²) in [4.78, 5) is 3.22. The summed E-state index contributed by atoms with van der Waals surface area (Å²) in [7, 11) is -4.94. The van der Waals surface area contributed by atoms with Crippen molar-refractivity contribution in [3.05, 3.63) is 42.0 Å². The first-order chi connectivity index (χ1) is 11.1. The Labute approximate surface area is 147 Å². The fourth-order valence-electron chi connectivity index (χ4n) is 4.14. The molecule has 3 atom stereocenters. The van der Waals surface area contributed by atoms with Crippen molar-refractivity contribution in [1.29, 1.82) is 0 Å². The number of hydrogen-bond acceptors (Lipinski definition) is 3. The van der Waals surface area contributed by atoms with Gasteiger partial charge in [0.15, 0.2) is 0 Å². The minimum Gasteiger partial charge on any atom is -0.220 e. The number of benzene rings is 1. The van der Waals surface area contributed by atoms with E-state index >= 15 is 0 Å². The van der Waals surface area contributed by atoms with Crippen molar-refractivity contribution in [3.8, 4) is 0 Å². The number of piperidine rings is 1. The molecule has 132 valence electrons. The fourth-order valence-corrected chi connectivity index (χ4v) is 7.66. The Hall–Kier alpha value is -0.953. The molecular formula is C18H28N2O2SSi. The van der Waals surface area contributed by atoms with Crippen LogP contribution < -0.4 is 4.83 Å². The van der Waals surface area contributed by atoms with Gasteiger partial charge in [-0.25, -0.2) is 13.4 Å². The molecule has 2 bridgehead atoms. The molecule has 2 saturated heterocycles. The van der Waals surface area contributed by atoms with Crippen molar-refractivity contribution in [3.63, 3.8) is 0 Å². The molecule has 2 aliphatic heterocycles. The number of rotatable bonds is 4. The van der Waals surface area contributed by atoms with Crippen molar-refractivity contribution in [2.45, 2.75) is 68.3 Å². The highest BCUT2D eigenvalue weighted by molar-refractivity contribution is 7.89. The van der Waals surface area contributed by atoms with Gasteiger partial charge in [0, 0.05) is 20.2 Å². The van der Waals surface area contributed by atoms with Crippen molar-refractivity contribution in [1.82, 2.24) is 9.84 Å². The van der Waals surface area contributed by atoms with Crippen molar-refractivity contribution >= 4 is 18.1 Å². The Morgan fingerprint density at radius 1 is 1.17 bits per heavy atom. The van der Waals surface area contributed by atoms with Crippen LogP contribution in [0.25, 0.3) is 0 Å². The topological polar surface area (TPSA) is 49.4 Å². The Morgan fingerprint density at radius 3 is 2.38 bits per heavy atom. The predicted molar refractivity (Wildman–Crippen MR) is 101 cm³/mol. The maximum Gasteiger partial charge on any atom is 0.253 e. The van der Waals surface area contributed by atoms with Crippen LogP contribution in [-0.4, -0.2) is 33.6 Å². The average Bonchev–Trinajstić information content (AvgIpc) is 2.65. The molecule has 1 aromatic carbocycles. The number of nitrogens with zero attached hydrogens (tertiary/aromatic N) is 1. The summed E-state index contributed by atoms with van der Waals surface area (Å²) in [5.41, 5.74) is 2.79. The van der Waals surface area contributed by atoms with E-state index in [1.807, 2.05) is 24.1 Å². The van der Waals surface area contributed by atoms with E-state index in [-0.39, 0.29) is 12.1 Å². The van der Waals surface area contributed by atoms with E-state index in [4.69, 9.17) is 0 Å². The Balaban J connectivity index is 1.89. The molecule has 24 heavy (non-hydrogen) atoms. The summed E-state index contributed by atoms with van der Waals surface area (Å²) in [6, 6.07) is 7.42. The molecule has 2 fully saturated rings. The van der Waals surface area contributed by atoms with Gasteiger partial charge in [0.2, 0.25) is 0 Å². The van der Waals surface area contributed by atoms with Crippen LogP contribution in [0.2, 0.25) is 25.2 Å². The highest BCUT2D eigenvalue weighted by Gasteiger charge is 2.49. The van der Waals surface area contributed by atoms with Gasteiger partial charge >= 0.3 is 0 Å². The molecule has 0 radical (unpaired) electrons. The second-order valence-electron chi connectivity index (χ2n) is 8.33. The van der Waals surface area contributed by atoms with Crippen molar-refractivity contribution in [2.75, 3.05) is 0 Å². The number of hydrazine groups is 1. The molecule has 0 saturated carbocycles. The second kappa shape index (κ2) is 6.09. The third-order valence-electron chi connectivity index (χ3n) is 5.47. The van der Waals surface area contributed by atoms with Crippen LogP contribution in [0.15, 0.2) is 41.3 Å². The van der Waals surface area contributed by atoms with Crippen molar-refractivity contribution < 1.29 is 8.42 Å². The molecular weight excluding hydrogens is 336 g/mol. The maximum atomic E-state index is 12.8. The zero-order valence-electron chi connectivity index (χ0n) is 15.0. The summed E-state index contributed by atoms with van der Waals surface area (Å²) < 4.78 is 25.6. The lowest BCUT2D eigenvalue weighted by atomic mass is 10.0. The van der Waals surface area contributed by atoms with Gasteiger partial charge in [-0.15, -0.1) is 4.83 Å². The quantitative estimate of drug-likeness (QED) is 0.655. The van der Waals surface area contributed by atoms with Gasteiger partial charge in [0.05, 0.1) is 4.90 Å². The molecule has 0 amide bonds. The molecule has 1 N–H and O–H groups in total. The minimum atomic E-state index is -3.54. The van der Waals surface area contributed by atoms with Gasteiger partial charge in [-0.1, -0.05) is 49.5 Å². The van der Waals surface area contributed by atoms with E-state index in [1.165, 1.54) is 12.0 Å². The Morgan fingerprint density at radius 2 is 1.79 bits per heavy atom. The number of hydrogen-bond donors (Lipinski definition) is 1. The van der Waals surface area contributed by atoms with Gasteiger partial charge in [-0.2, -0.15) is 0 Å². The van der Waals surface area contributed by atoms with Gasteiger partial charge in [0.25, 0.3) is 10.0 Å². The molecule has 0 aromatic heterocycles. The molecule has 2 aliphatic rings. The molecule has 2 heterocycles. The minimum absolute atomic E-state index is 0.149. The van der Waals surface area contributed by atoms with E-state index in [0.29, 0.717) is 10.4 Å². The third-order valence-corrected chi connectivity index (χ3v) is 9.64. The van der Waals surface area contributed by atoms with Crippen LogP contribution in [0.5, 0.6) is 0 Å². The molecule has 4 nitrogen and oxygen atoms in total. The number of aryl methyl sites for hydroxylation is 1. The van der Waals surface area contributed by atoms with Gasteiger partial charge in [-0.3, -0.25) is 0 Å². The summed E-state index contributed by atoms with van der Waals surface area (Å²) >= 11 is 0. The maximum absolute atomic E-state index is 12.8. The molecule has 3 rings (SSSR count).